The predicted octanol–water partition coefficient (Wildman–Crippen LogP) is 2.32. The largest absolute Gasteiger partial charge is 0.496 e. The summed E-state index contributed by atoms with van der Waals surface area (Å²) in [4.78, 5) is 23.6. The molecule has 0 heterocycles. The van der Waals surface area contributed by atoms with Gasteiger partial charge in [-0.3, -0.25) is 4.79 Å². The number of methoxy groups -OCH3 is 2. The fourth-order valence-electron chi connectivity index (χ4n) is 2.09. The normalized spacial score (nSPS) is 10.0. The standard InChI is InChI=1S/C18H18FNO5/c1-23-16-7-6-12(8-15(16)18(22)24-2)10-20-17(21)11-25-14-5-3-4-13(19)9-14/h3-9H,10-11H2,1-2H3,(H,20,21). The smallest absolute Gasteiger partial charge is 0.341 e. The number of ether oxygens (including phenoxy) is 3. The number of rotatable bonds is 7. The molecule has 6 nitrogen and oxygen atoms in total. The minimum Gasteiger partial charge on any atom is -0.496 e. The highest BCUT2D eigenvalue weighted by Gasteiger charge is 2.13. The van der Waals surface area contributed by atoms with Gasteiger partial charge in [-0.2, -0.15) is 0 Å². The van der Waals surface area contributed by atoms with Crippen molar-refractivity contribution in [2.24, 2.45) is 0 Å². The summed E-state index contributed by atoms with van der Waals surface area (Å²) in [6, 6.07) is 10.5. The van der Waals surface area contributed by atoms with E-state index in [1.54, 1.807) is 24.3 Å². The van der Waals surface area contributed by atoms with Crippen molar-refractivity contribution in [3.63, 3.8) is 0 Å². The molecule has 0 fully saturated rings. The van der Waals surface area contributed by atoms with Crippen molar-refractivity contribution < 1.29 is 28.2 Å². The summed E-state index contributed by atoms with van der Waals surface area (Å²) in [5.74, 6) is -0.686. The van der Waals surface area contributed by atoms with Crippen molar-refractivity contribution in [2.75, 3.05) is 20.8 Å². The highest BCUT2D eigenvalue weighted by atomic mass is 19.1. The lowest BCUT2D eigenvalue weighted by Gasteiger charge is -2.10. The van der Waals surface area contributed by atoms with Crippen molar-refractivity contribution >= 4 is 11.9 Å². The zero-order valence-electron chi connectivity index (χ0n) is 13.9. The van der Waals surface area contributed by atoms with E-state index in [0.29, 0.717) is 11.3 Å². The Hall–Kier alpha value is -3.09. The fraction of sp³-hybridized carbons (Fsp3) is 0.222. The summed E-state index contributed by atoms with van der Waals surface area (Å²) in [5, 5.41) is 2.65. The lowest BCUT2D eigenvalue weighted by molar-refractivity contribution is -0.123. The van der Waals surface area contributed by atoms with E-state index in [9.17, 15) is 14.0 Å². The van der Waals surface area contributed by atoms with Crippen LogP contribution in [0.25, 0.3) is 0 Å². The first-order chi connectivity index (χ1) is 12.0. The maximum absolute atomic E-state index is 13.0. The van der Waals surface area contributed by atoms with Gasteiger partial charge in [0.25, 0.3) is 5.91 Å². The van der Waals surface area contributed by atoms with Gasteiger partial charge in [0.05, 0.1) is 14.2 Å². The highest BCUT2D eigenvalue weighted by molar-refractivity contribution is 5.92. The maximum Gasteiger partial charge on any atom is 0.341 e. The van der Waals surface area contributed by atoms with Gasteiger partial charge < -0.3 is 19.5 Å². The average Bonchev–Trinajstić information content (AvgIpc) is 2.63. The quantitative estimate of drug-likeness (QED) is 0.778. The molecule has 0 bridgehead atoms. The minimum absolute atomic E-state index is 0.194. The van der Waals surface area contributed by atoms with Gasteiger partial charge in [-0.1, -0.05) is 12.1 Å². The van der Waals surface area contributed by atoms with Crippen LogP contribution < -0.4 is 14.8 Å². The Labute approximate surface area is 144 Å². The second kappa shape index (κ2) is 8.68. The van der Waals surface area contributed by atoms with Crippen LogP contribution >= 0.6 is 0 Å². The molecule has 1 N–H and O–H groups in total. The molecule has 0 radical (unpaired) electrons. The van der Waals surface area contributed by atoms with E-state index in [0.717, 1.165) is 0 Å². The zero-order chi connectivity index (χ0) is 18.2. The zero-order valence-corrected chi connectivity index (χ0v) is 13.9. The molecule has 2 aromatic rings. The third kappa shape index (κ3) is 5.20. The van der Waals surface area contributed by atoms with E-state index < -0.39 is 11.8 Å². The second-order valence-corrected chi connectivity index (χ2v) is 5.05. The SMILES string of the molecule is COC(=O)c1cc(CNC(=O)COc2cccc(F)c2)ccc1OC. The van der Waals surface area contributed by atoms with Crippen molar-refractivity contribution in [1.82, 2.24) is 5.32 Å². The molecule has 0 spiro atoms. The number of carbonyl (C=O) groups excluding carboxylic acids is 2. The second-order valence-electron chi connectivity index (χ2n) is 5.05. The first-order valence-electron chi connectivity index (χ1n) is 7.43. The Morgan fingerprint density at radius 2 is 1.92 bits per heavy atom. The van der Waals surface area contributed by atoms with Crippen LogP contribution in [-0.4, -0.2) is 32.7 Å². The van der Waals surface area contributed by atoms with Crippen LogP contribution in [0.1, 0.15) is 15.9 Å². The van der Waals surface area contributed by atoms with Crippen LogP contribution in [0.15, 0.2) is 42.5 Å². The Balaban J connectivity index is 1.92. The maximum atomic E-state index is 13.0. The highest BCUT2D eigenvalue weighted by Crippen LogP contribution is 2.20. The molecule has 132 valence electrons. The number of hydrogen-bond acceptors (Lipinski definition) is 5. The van der Waals surface area contributed by atoms with Gasteiger partial charge >= 0.3 is 5.97 Å². The van der Waals surface area contributed by atoms with Gasteiger partial charge in [-0.05, 0) is 29.8 Å². The molecule has 0 unspecified atom stereocenters. The molecule has 2 rings (SSSR count). The summed E-state index contributed by atoms with van der Waals surface area (Å²) in [6.07, 6.45) is 0. The molecule has 0 aromatic heterocycles. The van der Waals surface area contributed by atoms with Crippen LogP contribution in [0.3, 0.4) is 0 Å². The van der Waals surface area contributed by atoms with Gasteiger partial charge in [-0.25, -0.2) is 9.18 Å². The average molecular weight is 347 g/mol. The van der Waals surface area contributed by atoms with E-state index in [2.05, 4.69) is 5.32 Å². The monoisotopic (exact) mass is 347 g/mol. The number of esters is 1. The summed E-state index contributed by atoms with van der Waals surface area (Å²) in [5.41, 5.74) is 0.966. The van der Waals surface area contributed by atoms with E-state index in [1.165, 1.54) is 32.4 Å². The third-order valence-corrected chi connectivity index (χ3v) is 3.32. The fourth-order valence-corrected chi connectivity index (χ4v) is 2.09. The van der Waals surface area contributed by atoms with E-state index in [-0.39, 0.29) is 30.4 Å². The molecule has 0 saturated carbocycles. The Morgan fingerprint density at radius 3 is 2.60 bits per heavy atom. The number of benzene rings is 2. The first-order valence-corrected chi connectivity index (χ1v) is 7.43. The van der Waals surface area contributed by atoms with Crippen molar-refractivity contribution in [3.8, 4) is 11.5 Å². The van der Waals surface area contributed by atoms with E-state index >= 15 is 0 Å². The van der Waals surface area contributed by atoms with Crippen LogP contribution in [0.5, 0.6) is 11.5 Å². The summed E-state index contributed by atoms with van der Waals surface area (Å²) in [6.45, 7) is -0.0528. The molecule has 7 heteroatoms. The molecular weight excluding hydrogens is 329 g/mol. The lowest BCUT2D eigenvalue weighted by atomic mass is 10.1. The molecule has 1 amide bonds. The van der Waals surface area contributed by atoms with Crippen molar-refractivity contribution in [3.05, 3.63) is 59.4 Å². The first kappa shape index (κ1) is 18.3. The number of halogens is 1. The number of amides is 1. The van der Waals surface area contributed by atoms with E-state index in [1.807, 2.05) is 0 Å². The molecule has 0 aliphatic carbocycles. The predicted molar refractivity (Wildman–Crippen MR) is 88.1 cm³/mol. The molecule has 25 heavy (non-hydrogen) atoms. The summed E-state index contributed by atoms with van der Waals surface area (Å²) < 4.78 is 28.0. The third-order valence-electron chi connectivity index (χ3n) is 3.32. The van der Waals surface area contributed by atoms with Gasteiger partial charge in [0, 0.05) is 12.6 Å². The Kier molecular flexibility index (Phi) is 6.33. The van der Waals surface area contributed by atoms with Gasteiger partial charge in [0.1, 0.15) is 22.9 Å². The van der Waals surface area contributed by atoms with Gasteiger partial charge in [-0.15, -0.1) is 0 Å². The lowest BCUT2D eigenvalue weighted by Crippen LogP contribution is -2.28. The molecule has 2 aromatic carbocycles. The van der Waals surface area contributed by atoms with Crippen molar-refractivity contribution in [2.45, 2.75) is 6.54 Å². The summed E-state index contributed by atoms with van der Waals surface area (Å²) >= 11 is 0. The minimum atomic E-state index is -0.528. The van der Waals surface area contributed by atoms with Gasteiger partial charge in [0.2, 0.25) is 0 Å². The molecular formula is C18H18FNO5. The van der Waals surface area contributed by atoms with E-state index in [4.69, 9.17) is 14.2 Å². The molecule has 0 aliphatic rings. The molecule has 0 atom stereocenters. The van der Waals surface area contributed by atoms with Crippen LogP contribution in [-0.2, 0) is 16.1 Å². The number of hydrogen-bond donors (Lipinski definition) is 1. The van der Waals surface area contributed by atoms with Gasteiger partial charge in [0.15, 0.2) is 6.61 Å². The summed E-state index contributed by atoms with van der Waals surface area (Å²) in [7, 11) is 2.73. The topological polar surface area (TPSA) is 73.9 Å². The van der Waals surface area contributed by atoms with Crippen LogP contribution in [0.4, 0.5) is 4.39 Å². The number of carbonyl (C=O) groups is 2. The Bertz CT molecular complexity index is 763. The van der Waals surface area contributed by atoms with Crippen molar-refractivity contribution in [1.29, 1.82) is 0 Å². The molecule has 0 saturated heterocycles. The number of nitrogens with one attached hydrogen (secondary N) is 1. The van der Waals surface area contributed by atoms with Crippen LogP contribution in [0, 0.1) is 5.82 Å². The molecule has 0 aliphatic heterocycles. The Morgan fingerprint density at radius 1 is 1.12 bits per heavy atom. The van der Waals surface area contributed by atoms with Crippen LogP contribution in [0.2, 0.25) is 0 Å².